The van der Waals surface area contributed by atoms with Crippen LogP contribution in [-0.4, -0.2) is 64.9 Å². The van der Waals surface area contributed by atoms with E-state index in [0.29, 0.717) is 36.5 Å². The Morgan fingerprint density at radius 2 is 1.86 bits per heavy atom. The van der Waals surface area contributed by atoms with Gasteiger partial charge in [-0.15, -0.1) is 0 Å². The Kier molecular flexibility index (Phi) is 6.48. The molecule has 0 spiro atoms. The first-order valence-electron chi connectivity index (χ1n) is 11.3. The molecule has 0 bridgehead atoms. The third-order valence-corrected chi connectivity index (χ3v) is 6.81. The number of carbonyl (C=O) groups is 2. The van der Waals surface area contributed by atoms with Gasteiger partial charge in [-0.1, -0.05) is 0 Å². The van der Waals surface area contributed by atoms with Gasteiger partial charge in [-0.3, -0.25) is 19.5 Å². The van der Waals surface area contributed by atoms with Crippen molar-refractivity contribution in [3.8, 4) is 0 Å². The zero-order valence-electron chi connectivity index (χ0n) is 17.6. The normalized spacial score (nSPS) is 25.2. The maximum Gasteiger partial charge on any atom is 0.253 e. The van der Waals surface area contributed by atoms with Gasteiger partial charge < -0.3 is 10.2 Å². The number of aromatic nitrogens is 1. The van der Waals surface area contributed by atoms with Gasteiger partial charge in [-0.25, -0.2) is 0 Å². The van der Waals surface area contributed by atoms with Gasteiger partial charge in [0, 0.05) is 56.6 Å². The highest BCUT2D eigenvalue weighted by atomic mass is 16.2. The van der Waals surface area contributed by atoms with Crippen molar-refractivity contribution in [3.05, 3.63) is 29.6 Å². The zero-order chi connectivity index (χ0) is 20.2. The number of nitrogens with one attached hydrogen (secondary N) is 1. The predicted molar refractivity (Wildman–Crippen MR) is 113 cm³/mol. The Balaban J connectivity index is 1.34. The number of hydrogen-bond acceptors (Lipinski definition) is 4. The summed E-state index contributed by atoms with van der Waals surface area (Å²) in [5, 5.41) is 3.13. The van der Waals surface area contributed by atoms with E-state index in [2.05, 4.69) is 20.1 Å². The summed E-state index contributed by atoms with van der Waals surface area (Å²) in [5.74, 6) is 1.06. The fourth-order valence-electron chi connectivity index (χ4n) is 4.85. The molecule has 0 aromatic carbocycles. The van der Waals surface area contributed by atoms with E-state index in [-0.39, 0.29) is 5.91 Å². The average Bonchev–Trinajstić information content (AvgIpc) is 3.49. The third kappa shape index (κ3) is 5.16. The van der Waals surface area contributed by atoms with Gasteiger partial charge in [-0.2, -0.15) is 0 Å². The number of rotatable bonds is 7. The second-order valence-electron chi connectivity index (χ2n) is 9.02. The smallest absolute Gasteiger partial charge is 0.253 e. The molecule has 6 heteroatoms. The molecule has 6 nitrogen and oxygen atoms in total. The van der Waals surface area contributed by atoms with Crippen LogP contribution in [0.2, 0.25) is 0 Å². The van der Waals surface area contributed by atoms with E-state index in [1.54, 1.807) is 12.3 Å². The maximum absolute atomic E-state index is 12.8. The minimum absolute atomic E-state index is 0.0465. The summed E-state index contributed by atoms with van der Waals surface area (Å²) < 4.78 is 0. The zero-order valence-corrected chi connectivity index (χ0v) is 17.6. The second-order valence-corrected chi connectivity index (χ2v) is 9.02. The molecule has 3 aliphatic rings. The van der Waals surface area contributed by atoms with Gasteiger partial charge in [0.1, 0.15) is 0 Å². The van der Waals surface area contributed by atoms with Crippen molar-refractivity contribution in [2.45, 2.75) is 70.4 Å². The van der Waals surface area contributed by atoms with E-state index in [9.17, 15) is 9.59 Å². The fraction of sp³-hybridized carbons (Fsp3) is 0.696. The van der Waals surface area contributed by atoms with Crippen LogP contribution in [0.5, 0.6) is 0 Å². The topological polar surface area (TPSA) is 65.5 Å². The lowest BCUT2D eigenvalue weighted by Gasteiger charge is -2.33. The van der Waals surface area contributed by atoms with Crippen molar-refractivity contribution < 1.29 is 9.59 Å². The van der Waals surface area contributed by atoms with Crippen molar-refractivity contribution in [3.63, 3.8) is 0 Å². The van der Waals surface area contributed by atoms with Crippen LogP contribution in [0.25, 0.3) is 0 Å². The summed E-state index contributed by atoms with van der Waals surface area (Å²) in [4.78, 5) is 34.2. The molecule has 1 aromatic rings. The summed E-state index contributed by atoms with van der Waals surface area (Å²) in [6, 6.07) is 4.29. The van der Waals surface area contributed by atoms with E-state index in [0.717, 1.165) is 56.9 Å². The lowest BCUT2D eigenvalue weighted by atomic mass is 10.1. The van der Waals surface area contributed by atoms with E-state index < -0.39 is 0 Å². The average molecular weight is 399 g/mol. The number of likely N-dealkylation sites (tertiary alicyclic amines) is 2. The first-order valence-corrected chi connectivity index (χ1v) is 11.3. The SMILES string of the molecule is Cc1ncccc1C(=O)NC[C@@H]1CC[C@H](CC(=O)N2CCCCC2)N1CC1CC1. The number of pyridine rings is 1. The Hall–Kier alpha value is -1.95. The molecule has 2 aliphatic heterocycles. The highest BCUT2D eigenvalue weighted by Crippen LogP contribution is 2.35. The van der Waals surface area contributed by atoms with Crippen LogP contribution in [0.3, 0.4) is 0 Å². The van der Waals surface area contributed by atoms with E-state index in [4.69, 9.17) is 0 Å². The van der Waals surface area contributed by atoms with Gasteiger partial charge in [-0.05, 0) is 69.9 Å². The predicted octanol–water partition coefficient (Wildman–Crippen LogP) is 2.77. The van der Waals surface area contributed by atoms with E-state index in [1.165, 1.54) is 19.3 Å². The Morgan fingerprint density at radius 1 is 1.10 bits per heavy atom. The molecule has 2 amide bonds. The van der Waals surface area contributed by atoms with Crippen LogP contribution in [0.1, 0.15) is 67.4 Å². The largest absolute Gasteiger partial charge is 0.350 e. The van der Waals surface area contributed by atoms with Gasteiger partial charge in [0.05, 0.1) is 5.56 Å². The van der Waals surface area contributed by atoms with E-state index in [1.807, 2.05) is 13.0 Å². The van der Waals surface area contributed by atoms with Gasteiger partial charge in [0.25, 0.3) is 5.91 Å². The van der Waals surface area contributed by atoms with Crippen molar-refractivity contribution in [1.29, 1.82) is 0 Å². The first-order chi connectivity index (χ1) is 14.1. The van der Waals surface area contributed by atoms with Gasteiger partial charge in [0.15, 0.2) is 0 Å². The van der Waals surface area contributed by atoms with E-state index >= 15 is 0 Å². The molecule has 1 N–H and O–H groups in total. The van der Waals surface area contributed by atoms with Crippen molar-refractivity contribution in [2.24, 2.45) is 5.92 Å². The minimum Gasteiger partial charge on any atom is -0.350 e. The second kappa shape index (κ2) is 9.24. The number of piperidine rings is 1. The number of carbonyl (C=O) groups excluding carboxylic acids is 2. The number of amides is 2. The Morgan fingerprint density at radius 3 is 2.59 bits per heavy atom. The summed E-state index contributed by atoms with van der Waals surface area (Å²) in [5.41, 5.74) is 1.41. The minimum atomic E-state index is -0.0465. The molecule has 29 heavy (non-hydrogen) atoms. The molecule has 1 saturated carbocycles. The highest BCUT2D eigenvalue weighted by Gasteiger charge is 2.38. The summed E-state index contributed by atoms with van der Waals surface area (Å²) >= 11 is 0. The molecule has 1 aliphatic carbocycles. The molecule has 2 atom stereocenters. The monoisotopic (exact) mass is 398 g/mol. The fourth-order valence-corrected chi connectivity index (χ4v) is 4.85. The molecular weight excluding hydrogens is 364 g/mol. The van der Waals surface area contributed by atoms with Crippen molar-refractivity contribution in [1.82, 2.24) is 20.1 Å². The first kappa shape index (κ1) is 20.3. The highest BCUT2D eigenvalue weighted by molar-refractivity contribution is 5.95. The van der Waals surface area contributed by atoms with Crippen molar-refractivity contribution in [2.75, 3.05) is 26.2 Å². The standard InChI is InChI=1S/C23H34N4O2/c1-17-21(6-5-11-24-17)23(29)25-15-20-10-9-19(27(20)16-18-7-8-18)14-22(28)26-12-3-2-4-13-26/h5-6,11,18-20H,2-4,7-10,12-16H2,1H3,(H,25,29)/t19-,20+/m1/s1. The lowest BCUT2D eigenvalue weighted by Crippen LogP contribution is -2.46. The molecule has 3 heterocycles. The van der Waals surface area contributed by atoms with Crippen LogP contribution in [0, 0.1) is 12.8 Å². The molecule has 0 radical (unpaired) electrons. The third-order valence-electron chi connectivity index (χ3n) is 6.81. The summed E-state index contributed by atoms with van der Waals surface area (Å²) in [6.07, 6.45) is 10.6. The van der Waals surface area contributed by atoms with Crippen molar-refractivity contribution >= 4 is 11.8 Å². The Bertz CT molecular complexity index is 727. The molecule has 158 valence electrons. The van der Waals surface area contributed by atoms with Crippen LogP contribution < -0.4 is 5.32 Å². The van der Waals surface area contributed by atoms with Crippen LogP contribution in [0.4, 0.5) is 0 Å². The summed E-state index contributed by atoms with van der Waals surface area (Å²) in [7, 11) is 0. The van der Waals surface area contributed by atoms with Crippen LogP contribution >= 0.6 is 0 Å². The lowest BCUT2D eigenvalue weighted by molar-refractivity contribution is -0.133. The van der Waals surface area contributed by atoms with Gasteiger partial charge >= 0.3 is 0 Å². The van der Waals surface area contributed by atoms with Crippen LogP contribution in [0.15, 0.2) is 18.3 Å². The molecule has 4 rings (SSSR count). The molecular formula is C23H34N4O2. The molecule has 0 unspecified atom stereocenters. The molecule has 2 saturated heterocycles. The number of hydrogen-bond donors (Lipinski definition) is 1. The maximum atomic E-state index is 12.8. The quantitative estimate of drug-likeness (QED) is 0.767. The molecule has 3 fully saturated rings. The molecule has 1 aromatic heterocycles. The number of aryl methyl sites for hydroxylation is 1. The Labute approximate surface area is 174 Å². The summed E-state index contributed by atoms with van der Waals surface area (Å²) in [6.45, 7) is 5.45. The number of nitrogens with zero attached hydrogens (tertiary/aromatic N) is 3. The van der Waals surface area contributed by atoms with Gasteiger partial charge in [0.2, 0.25) is 5.91 Å². The van der Waals surface area contributed by atoms with Crippen LogP contribution in [-0.2, 0) is 4.79 Å².